The number of hydrogen-bond acceptors (Lipinski definition) is 6. The maximum atomic E-state index is 6.92. The predicted molar refractivity (Wildman–Crippen MR) is 163 cm³/mol. The monoisotopic (exact) mass is 561 g/mol. The molecular weight excluding hydrogens is 492 g/mol. The van der Waals surface area contributed by atoms with Gasteiger partial charge in [0.25, 0.3) is 5.79 Å². The summed E-state index contributed by atoms with van der Waals surface area (Å²) in [7, 11) is 0. The molecule has 0 saturated heterocycles. The molecule has 0 amide bonds. The third-order valence-corrected chi connectivity index (χ3v) is 6.81. The first kappa shape index (κ1) is 38.8. The van der Waals surface area contributed by atoms with Gasteiger partial charge < -0.3 is 28.4 Å². The average Bonchev–Trinajstić information content (AvgIpc) is 2.90. The summed E-state index contributed by atoms with van der Waals surface area (Å²) in [5.74, 6) is -2.62. The lowest BCUT2D eigenvalue weighted by atomic mass is 9.99. The Kier molecular flexibility index (Phi) is 23.2. The van der Waals surface area contributed by atoms with Crippen LogP contribution in [-0.4, -0.2) is 56.5 Å². The minimum absolute atomic E-state index is 0.0189. The molecule has 0 saturated carbocycles. The van der Waals surface area contributed by atoms with E-state index in [9.17, 15) is 0 Å². The fourth-order valence-electron chi connectivity index (χ4n) is 4.36. The summed E-state index contributed by atoms with van der Waals surface area (Å²) in [6.07, 6.45) is 12.5. The van der Waals surface area contributed by atoms with E-state index in [2.05, 4.69) is 69.2 Å². The van der Waals surface area contributed by atoms with E-state index >= 15 is 0 Å². The van der Waals surface area contributed by atoms with Crippen LogP contribution >= 0.6 is 0 Å². The van der Waals surface area contributed by atoms with Gasteiger partial charge >= 0.3 is 5.97 Å². The quantitative estimate of drug-likeness (QED) is 0.0701. The Balaban J connectivity index is 7.03. The van der Waals surface area contributed by atoms with Crippen molar-refractivity contribution in [1.29, 1.82) is 0 Å². The van der Waals surface area contributed by atoms with Gasteiger partial charge in [-0.05, 0) is 58.8 Å². The Morgan fingerprint density at radius 1 is 0.564 bits per heavy atom. The number of ether oxygens (including phenoxy) is 6. The molecule has 0 aliphatic carbocycles. The molecule has 0 aromatic heterocycles. The summed E-state index contributed by atoms with van der Waals surface area (Å²) in [5.41, 5.74) is 0. The van der Waals surface area contributed by atoms with Gasteiger partial charge in [-0.1, -0.05) is 99.8 Å². The zero-order valence-corrected chi connectivity index (χ0v) is 27.8. The van der Waals surface area contributed by atoms with Crippen LogP contribution in [0, 0.1) is 5.92 Å². The van der Waals surface area contributed by atoms with Gasteiger partial charge in [-0.25, -0.2) is 0 Å². The molecule has 0 N–H and O–H groups in total. The lowest BCUT2D eigenvalue weighted by Gasteiger charge is -2.51. The summed E-state index contributed by atoms with van der Waals surface area (Å²) in [5, 5.41) is 0. The molecular formula is C33H68O6. The molecule has 0 aliphatic heterocycles. The minimum Gasteiger partial charge on any atom is -0.370 e. The van der Waals surface area contributed by atoms with Gasteiger partial charge in [0.15, 0.2) is 0 Å². The molecule has 0 aromatic carbocycles. The highest BCUT2D eigenvalue weighted by Crippen LogP contribution is 2.43. The Labute approximate surface area is 243 Å². The number of unbranched alkanes of at least 4 members (excludes halogenated alkanes) is 7. The minimum atomic E-state index is -1.54. The molecule has 0 radical (unpaired) electrons. The van der Waals surface area contributed by atoms with Crippen LogP contribution in [0.5, 0.6) is 0 Å². The lowest BCUT2D eigenvalue weighted by Crippen LogP contribution is -2.70. The maximum absolute atomic E-state index is 6.92. The SMILES string of the molecule is CCCCCCOC(OCCCCC)(OC(C)CC)C(OCCCC)(OCC(C)C)C(CCCC)OC(C)C. The maximum Gasteiger partial charge on any atom is 0.343 e. The second-order valence-corrected chi connectivity index (χ2v) is 11.7. The Morgan fingerprint density at radius 2 is 1.10 bits per heavy atom. The molecule has 0 bridgehead atoms. The van der Waals surface area contributed by atoms with Crippen molar-refractivity contribution >= 4 is 0 Å². The predicted octanol–water partition coefficient (Wildman–Crippen LogP) is 9.43. The van der Waals surface area contributed by atoms with E-state index in [0.717, 1.165) is 70.6 Å². The van der Waals surface area contributed by atoms with E-state index in [1.54, 1.807) is 0 Å². The van der Waals surface area contributed by atoms with Crippen LogP contribution < -0.4 is 0 Å². The van der Waals surface area contributed by atoms with Gasteiger partial charge in [-0.15, -0.1) is 0 Å². The van der Waals surface area contributed by atoms with Gasteiger partial charge in [-0.3, -0.25) is 0 Å². The first-order chi connectivity index (χ1) is 18.7. The molecule has 0 aromatic rings. The van der Waals surface area contributed by atoms with E-state index in [0.29, 0.717) is 26.4 Å². The Morgan fingerprint density at radius 3 is 1.62 bits per heavy atom. The van der Waals surface area contributed by atoms with Crippen molar-refractivity contribution in [2.45, 2.75) is 183 Å². The fourth-order valence-corrected chi connectivity index (χ4v) is 4.36. The first-order valence-corrected chi connectivity index (χ1v) is 16.6. The lowest BCUT2D eigenvalue weighted by molar-refractivity contribution is -0.521. The third kappa shape index (κ3) is 15.0. The van der Waals surface area contributed by atoms with Crippen LogP contribution in [0.2, 0.25) is 0 Å². The normalized spacial score (nSPS) is 16.9. The molecule has 0 aliphatic rings. The summed E-state index contributed by atoms with van der Waals surface area (Å²) < 4.78 is 41.0. The molecule has 4 unspecified atom stereocenters. The smallest absolute Gasteiger partial charge is 0.343 e. The van der Waals surface area contributed by atoms with E-state index in [-0.39, 0.29) is 18.1 Å². The van der Waals surface area contributed by atoms with Gasteiger partial charge in [0.2, 0.25) is 0 Å². The summed E-state index contributed by atoms with van der Waals surface area (Å²) in [6, 6.07) is 0. The van der Waals surface area contributed by atoms with Gasteiger partial charge in [0.1, 0.15) is 6.10 Å². The molecule has 4 atom stereocenters. The Bertz CT molecular complexity index is 542. The van der Waals surface area contributed by atoms with Crippen LogP contribution in [0.25, 0.3) is 0 Å². The molecule has 0 rings (SSSR count). The molecule has 0 heterocycles. The topological polar surface area (TPSA) is 55.4 Å². The number of hydrogen-bond donors (Lipinski definition) is 0. The molecule has 236 valence electrons. The van der Waals surface area contributed by atoms with Crippen molar-refractivity contribution in [3.8, 4) is 0 Å². The zero-order chi connectivity index (χ0) is 29.6. The van der Waals surface area contributed by atoms with E-state index < -0.39 is 17.9 Å². The average molecular weight is 561 g/mol. The fraction of sp³-hybridized carbons (Fsp3) is 1.00. The highest BCUT2D eigenvalue weighted by molar-refractivity contribution is 4.93. The van der Waals surface area contributed by atoms with Crippen molar-refractivity contribution in [3.05, 3.63) is 0 Å². The second-order valence-electron chi connectivity index (χ2n) is 11.7. The summed E-state index contributed by atoms with van der Waals surface area (Å²) in [4.78, 5) is 0. The summed E-state index contributed by atoms with van der Waals surface area (Å²) >= 11 is 0. The van der Waals surface area contributed by atoms with Crippen molar-refractivity contribution < 1.29 is 28.4 Å². The highest BCUT2D eigenvalue weighted by Gasteiger charge is 2.64. The van der Waals surface area contributed by atoms with Crippen LogP contribution in [0.4, 0.5) is 0 Å². The van der Waals surface area contributed by atoms with Gasteiger partial charge in [0, 0.05) is 0 Å². The largest absolute Gasteiger partial charge is 0.370 e. The standard InChI is InChI=1S/C33H68O6/c1-11-16-20-22-26-36-33(39-30(10)15-5,35-25-21-17-12-2)32(34-24-19-14-4,37-27-28(6)7)31(23-18-13-3)38-29(8)9/h28-31H,11-27H2,1-10H3. The van der Waals surface area contributed by atoms with Crippen LogP contribution in [-0.2, 0) is 28.4 Å². The number of rotatable bonds is 28. The van der Waals surface area contributed by atoms with Crippen LogP contribution in [0.3, 0.4) is 0 Å². The Hall–Kier alpha value is -0.240. The van der Waals surface area contributed by atoms with Gasteiger partial charge in [0.05, 0.1) is 38.6 Å². The van der Waals surface area contributed by atoms with E-state index in [1.165, 1.54) is 12.8 Å². The molecule has 6 heteroatoms. The summed E-state index contributed by atoms with van der Waals surface area (Å²) in [6.45, 7) is 23.5. The van der Waals surface area contributed by atoms with Crippen LogP contribution in [0.1, 0.15) is 153 Å². The van der Waals surface area contributed by atoms with Crippen molar-refractivity contribution in [1.82, 2.24) is 0 Å². The van der Waals surface area contributed by atoms with Crippen LogP contribution in [0.15, 0.2) is 0 Å². The van der Waals surface area contributed by atoms with Gasteiger partial charge in [-0.2, -0.15) is 0 Å². The molecule has 6 nitrogen and oxygen atoms in total. The second kappa shape index (κ2) is 23.3. The van der Waals surface area contributed by atoms with E-state index in [4.69, 9.17) is 28.4 Å². The zero-order valence-electron chi connectivity index (χ0n) is 27.8. The molecule has 39 heavy (non-hydrogen) atoms. The van der Waals surface area contributed by atoms with Crippen molar-refractivity contribution in [3.63, 3.8) is 0 Å². The third-order valence-electron chi connectivity index (χ3n) is 6.81. The van der Waals surface area contributed by atoms with E-state index in [1.807, 2.05) is 0 Å². The molecule has 0 fully saturated rings. The highest BCUT2D eigenvalue weighted by atomic mass is 16.9. The van der Waals surface area contributed by atoms with Crippen molar-refractivity contribution in [2.24, 2.45) is 5.92 Å². The molecule has 0 spiro atoms. The first-order valence-electron chi connectivity index (χ1n) is 16.6. The van der Waals surface area contributed by atoms with Crippen molar-refractivity contribution in [2.75, 3.05) is 26.4 Å².